The molecule has 4 rings (SSSR count). The van der Waals surface area contributed by atoms with Crippen molar-refractivity contribution in [1.82, 2.24) is 4.90 Å². The van der Waals surface area contributed by atoms with Crippen molar-refractivity contribution in [1.29, 1.82) is 0 Å². The predicted molar refractivity (Wildman–Crippen MR) is 138 cm³/mol. The van der Waals surface area contributed by atoms with Crippen LogP contribution in [0.25, 0.3) is 0 Å². The number of ether oxygens (including phenoxy) is 2. The average Bonchev–Trinajstić information content (AvgIpc) is 2.89. The molecule has 182 valence electrons. The highest BCUT2D eigenvalue weighted by molar-refractivity contribution is 6.32. The van der Waals surface area contributed by atoms with Gasteiger partial charge >= 0.3 is 5.97 Å². The first-order valence-corrected chi connectivity index (χ1v) is 11.7. The molecule has 1 amide bonds. The summed E-state index contributed by atoms with van der Waals surface area (Å²) >= 11 is 6.21. The molecule has 1 heterocycles. The first-order valence-electron chi connectivity index (χ1n) is 11.4. The number of benzene rings is 3. The fraction of sp³-hybridized carbons (Fsp3) is 0.259. The maximum absolute atomic E-state index is 13.1. The van der Waals surface area contributed by atoms with Crippen molar-refractivity contribution >= 4 is 34.9 Å². The second-order valence-corrected chi connectivity index (χ2v) is 8.68. The number of carbonyl (C=O) groups is 2. The summed E-state index contributed by atoms with van der Waals surface area (Å²) in [6.45, 7) is 4.26. The Morgan fingerprint density at radius 2 is 1.63 bits per heavy atom. The number of halogens is 1. The molecule has 0 unspecified atom stereocenters. The van der Waals surface area contributed by atoms with Crippen molar-refractivity contribution in [2.75, 3.05) is 50.6 Å². The number of hydrogen-bond donors (Lipinski definition) is 1. The molecule has 3 aromatic rings. The van der Waals surface area contributed by atoms with E-state index in [2.05, 4.69) is 39.4 Å². The SMILES string of the molecule is COC(=O)c1ccc(N2CCN(Cc3ccccc3)CC2)c(NC(=O)c2ccc(OC)c(Cl)c2)c1. The Hall–Kier alpha value is -3.55. The molecule has 0 aromatic heterocycles. The molecule has 7 nitrogen and oxygen atoms in total. The molecule has 1 fully saturated rings. The number of anilines is 2. The molecule has 8 heteroatoms. The molecule has 1 saturated heterocycles. The third-order valence-corrected chi connectivity index (χ3v) is 6.34. The molecule has 3 aromatic carbocycles. The summed E-state index contributed by atoms with van der Waals surface area (Å²) in [5.74, 6) is -0.308. The fourth-order valence-corrected chi connectivity index (χ4v) is 4.41. The third kappa shape index (κ3) is 5.93. The summed E-state index contributed by atoms with van der Waals surface area (Å²) in [5.41, 5.74) is 3.43. The van der Waals surface area contributed by atoms with Crippen LogP contribution >= 0.6 is 11.6 Å². The number of rotatable bonds is 7. The molecule has 1 aliphatic rings. The monoisotopic (exact) mass is 493 g/mol. The van der Waals surface area contributed by atoms with Crippen LogP contribution in [0.3, 0.4) is 0 Å². The number of esters is 1. The molecular weight excluding hydrogens is 466 g/mol. The van der Waals surface area contributed by atoms with E-state index in [1.807, 2.05) is 12.1 Å². The van der Waals surface area contributed by atoms with E-state index in [1.165, 1.54) is 19.8 Å². The Balaban J connectivity index is 1.53. The van der Waals surface area contributed by atoms with Gasteiger partial charge in [-0.2, -0.15) is 0 Å². The van der Waals surface area contributed by atoms with E-state index in [9.17, 15) is 9.59 Å². The zero-order valence-electron chi connectivity index (χ0n) is 19.8. The molecule has 0 radical (unpaired) electrons. The molecule has 0 atom stereocenters. The van der Waals surface area contributed by atoms with Gasteiger partial charge in [-0.15, -0.1) is 0 Å². The van der Waals surface area contributed by atoms with E-state index < -0.39 is 5.97 Å². The molecule has 0 spiro atoms. The van der Waals surface area contributed by atoms with Gasteiger partial charge in [-0.3, -0.25) is 9.69 Å². The summed E-state index contributed by atoms with van der Waals surface area (Å²) in [6, 6.07) is 20.5. The fourth-order valence-electron chi connectivity index (χ4n) is 4.15. The maximum Gasteiger partial charge on any atom is 0.337 e. The van der Waals surface area contributed by atoms with Crippen molar-refractivity contribution in [3.8, 4) is 5.75 Å². The van der Waals surface area contributed by atoms with Gasteiger partial charge < -0.3 is 19.7 Å². The maximum atomic E-state index is 13.1. The van der Waals surface area contributed by atoms with Crippen molar-refractivity contribution in [3.63, 3.8) is 0 Å². The molecule has 0 aliphatic carbocycles. The van der Waals surface area contributed by atoms with Crippen LogP contribution in [0.5, 0.6) is 5.75 Å². The number of methoxy groups -OCH3 is 2. The molecule has 35 heavy (non-hydrogen) atoms. The summed E-state index contributed by atoms with van der Waals surface area (Å²) in [4.78, 5) is 29.8. The van der Waals surface area contributed by atoms with Crippen LogP contribution in [0.4, 0.5) is 11.4 Å². The first-order chi connectivity index (χ1) is 17.0. The Morgan fingerprint density at radius 3 is 2.29 bits per heavy atom. The van der Waals surface area contributed by atoms with Gasteiger partial charge in [0.2, 0.25) is 0 Å². The van der Waals surface area contributed by atoms with Crippen LogP contribution < -0.4 is 15.0 Å². The lowest BCUT2D eigenvalue weighted by atomic mass is 10.1. The second kappa shape index (κ2) is 11.3. The van der Waals surface area contributed by atoms with E-state index in [1.54, 1.807) is 30.3 Å². The van der Waals surface area contributed by atoms with Gasteiger partial charge in [-0.05, 0) is 42.0 Å². The van der Waals surface area contributed by atoms with Gasteiger partial charge in [-0.1, -0.05) is 41.9 Å². The van der Waals surface area contributed by atoms with Gasteiger partial charge in [0, 0.05) is 38.3 Å². The summed E-state index contributed by atoms with van der Waals surface area (Å²) < 4.78 is 10.0. The van der Waals surface area contributed by atoms with Crippen molar-refractivity contribution in [2.45, 2.75) is 6.54 Å². The molecule has 1 N–H and O–H groups in total. The zero-order valence-corrected chi connectivity index (χ0v) is 20.5. The van der Waals surface area contributed by atoms with Crippen LogP contribution in [0.1, 0.15) is 26.3 Å². The lowest BCUT2D eigenvalue weighted by molar-refractivity contribution is 0.0600. The zero-order chi connectivity index (χ0) is 24.8. The highest BCUT2D eigenvalue weighted by atomic mass is 35.5. The third-order valence-electron chi connectivity index (χ3n) is 6.04. The van der Waals surface area contributed by atoms with Crippen LogP contribution in [-0.4, -0.2) is 57.2 Å². The van der Waals surface area contributed by atoms with Crippen molar-refractivity contribution in [3.05, 3.63) is 88.4 Å². The molecule has 1 aliphatic heterocycles. The minimum atomic E-state index is -0.466. The van der Waals surface area contributed by atoms with Gasteiger partial charge in [-0.25, -0.2) is 4.79 Å². The summed E-state index contributed by atoms with van der Waals surface area (Å²) in [6.07, 6.45) is 0. The van der Waals surface area contributed by atoms with Gasteiger partial charge in [0.05, 0.1) is 36.2 Å². The topological polar surface area (TPSA) is 71.1 Å². The quantitative estimate of drug-likeness (QED) is 0.481. The first kappa shape index (κ1) is 24.6. The van der Waals surface area contributed by atoms with E-state index in [0.29, 0.717) is 27.6 Å². The van der Waals surface area contributed by atoms with E-state index >= 15 is 0 Å². The smallest absolute Gasteiger partial charge is 0.337 e. The van der Waals surface area contributed by atoms with Crippen molar-refractivity contribution in [2.24, 2.45) is 0 Å². The number of carbonyl (C=O) groups excluding carboxylic acids is 2. The highest BCUT2D eigenvalue weighted by Gasteiger charge is 2.22. The number of amides is 1. The second-order valence-electron chi connectivity index (χ2n) is 8.28. The van der Waals surface area contributed by atoms with E-state index in [0.717, 1.165) is 38.4 Å². The lowest BCUT2D eigenvalue weighted by Crippen LogP contribution is -2.46. The van der Waals surface area contributed by atoms with Gasteiger partial charge in [0.25, 0.3) is 5.91 Å². The number of hydrogen-bond acceptors (Lipinski definition) is 6. The van der Waals surface area contributed by atoms with Crippen LogP contribution in [0.15, 0.2) is 66.7 Å². The van der Waals surface area contributed by atoms with Gasteiger partial charge in [0.15, 0.2) is 0 Å². The predicted octanol–water partition coefficient (Wildman–Crippen LogP) is 4.71. The Kier molecular flexibility index (Phi) is 7.90. The van der Waals surface area contributed by atoms with Gasteiger partial charge in [0.1, 0.15) is 5.75 Å². The molecular formula is C27H28ClN3O4. The van der Waals surface area contributed by atoms with Crippen LogP contribution in [0.2, 0.25) is 5.02 Å². The average molecular weight is 494 g/mol. The minimum absolute atomic E-state index is 0.333. The Bertz CT molecular complexity index is 1190. The largest absolute Gasteiger partial charge is 0.495 e. The minimum Gasteiger partial charge on any atom is -0.495 e. The highest BCUT2D eigenvalue weighted by Crippen LogP contribution is 2.30. The lowest BCUT2D eigenvalue weighted by Gasteiger charge is -2.37. The molecule has 0 saturated carbocycles. The summed E-state index contributed by atoms with van der Waals surface area (Å²) in [5, 5.41) is 3.30. The Labute approximate surface area is 210 Å². The number of nitrogens with zero attached hydrogens (tertiary/aromatic N) is 2. The normalized spacial score (nSPS) is 13.9. The standard InChI is InChI=1S/C27H28ClN3O4/c1-34-25-11-9-20(16-22(25)28)26(32)29-23-17-21(27(33)35-2)8-10-24(23)31-14-12-30(13-15-31)18-19-6-4-3-5-7-19/h3-11,16-17H,12-15,18H2,1-2H3,(H,29,32). The van der Waals surface area contributed by atoms with Crippen molar-refractivity contribution < 1.29 is 19.1 Å². The number of piperazine rings is 1. The van der Waals surface area contributed by atoms with E-state index in [-0.39, 0.29) is 5.91 Å². The Morgan fingerprint density at radius 1 is 0.914 bits per heavy atom. The van der Waals surface area contributed by atoms with Crippen LogP contribution in [0, 0.1) is 0 Å². The molecule has 0 bridgehead atoms. The number of nitrogens with one attached hydrogen (secondary N) is 1. The van der Waals surface area contributed by atoms with Crippen LogP contribution in [-0.2, 0) is 11.3 Å². The van der Waals surface area contributed by atoms with E-state index in [4.69, 9.17) is 21.1 Å². The summed E-state index contributed by atoms with van der Waals surface area (Å²) in [7, 11) is 2.85.